The van der Waals surface area contributed by atoms with Gasteiger partial charge in [0, 0.05) is 41.3 Å². The number of nitrogens with zero attached hydrogens (tertiary/aromatic N) is 2. The molecular formula is C32H35ClN2O. The van der Waals surface area contributed by atoms with Crippen molar-refractivity contribution in [2.75, 3.05) is 6.61 Å². The highest BCUT2D eigenvalue weighted by Gasteiger charge is 2.26. The lowest BCUT2D eigenvalue weighted by atomic mass is 9.84. The molecule has 0 bridgehead atoms. The van der Waals surface area contributed by atoms with Crippen LogP contribution in [0.1, 0.15) is 68.2 Å². The molecule has 4 heteroatoms. The predicted molar refractivity (Wildman–Crippen MR) is 150 cm³/mol. The topological polar surface area (TPSA) is 27.1 Å². The Balaban J connectivity index is 1.63. The van der Waals surface area contributed by atoms with E-state index in [0.29, 0.717) is 5.92 Å². The summed E-state index contributed by atoms with van der Waals surface area (Å²) in [7, 11) is 0. The third-order valence-electron chi connectivity index (χ3n) is 7.18. The van der Waals surface area contributed by atoms with Gasteiger partial charge in [-0.2, -0.15) is 0 Å². The maximum absolute atomic E-state index is 6.41. The molecule has 4 aromatic rings. The van der Waals surface area contributed by atoms with Crippen molar-refractivity contribution in [2.24, 2.45) is 0 Å². The summed E-state index contributed by atoms with van der Waals surface area (Å²) in [6.45, 7) is 8.31. The first-order valence-corrected chi connectivity index (χ1v) is 13.6. The number of unbranched alkanes of at least 4 members (excludes halogenated alkanes) is 2. The minimum Gasteiger partial charge on any atom is -0.493 e. The zero-order chi connectivity index (χ0) is 25.1. The molecule has 0 saturated carbocycles. The van der Waals surface area contributed by atoms with E-state index in [4.69, 9.17) is 16.3 Å². The van der Waals surface area contributed by atoms with Gasteiger partial charge in [0.15, 0.2) is 0 Å². The minimum atomic E-state index is 0.421. The first-order chi connectivity index (χ1) is 17.5. The van der Waals surface area contributed by atoms with Crippen molar-refractivity contribution in [3.05, 3.63) is 94.4 Å². The fraction of sp³-hybridized carbons (Fsp3) is 0.344. The predicted octanol–water partition coefficient (Wildman–Crippen LogP) is 8.71. The zero-order valence-corrected chi connectivity index (χ0v) is 22.3. The van der Waals surface area contributed by atoms with Crippen LogP contribution in [-0.2, 0) is 19.4 Å². The lowest BCUT2D eigenvalue weighted by Crippen LogP contribution is -2.11. The summed E-state index contributed by atoms with van der Waals surface area (Å²) < 4.78 is 8.82. The van der Waals surface area contributed by atoms with Crippen LogP contribution in [0.25, 0.3) is 22.4 Å². The Morgan fingerprint density at radius 1 is 1.03 bits per heavy atom. The van der Waals surface area contributed by atoms with Gasteiger partial charge in [-0.05, 0) is 77.3 Å². The number of ether oxygens (including phenoxy) is 1. The van der Waals surface area contributed by atoms with Crippen LogP contribution in [0.15, 0.2) is 67.1 Å². The van der Waals surface area contributed by atoms with E-state index in [1.807, 2.05) is 30.6 Å². The quantitative estimate of drug-likeness (QED) is 0.216. The number of fused-ring (bicyclic) bond motifs is 3. The molecule has 0 atom stereocenters. The van der Waals surface area contributed by atoms with E-state index in [-0.39, 0.29) is 0 Å². The van der Waals surface area contributed by atoms with Crippen LogP contribution >= 0.6 is 11.6 Å². The van der Waals surface area contributed by atoms with Crippen molar-refractivity contribution in [1.82, 2.24) is 9.55 Å². The van der Waals surface area contributed by atoms with E-state index in [1.54, 1.807) is 0 Å². The Morgan fingerprint density at radius 3 is 2.58 bits per heavy atom. The Hall–Kier alpha value is -3.04. The molecule has 1 aliphatic rings. The maximum atomic E-state index is 6.41. The average molecular weight is 499 g/mol. The second kappa shape index (κ2) is 10.9. The van der Waals surface area contributed by atoms with Gasteiger partial charge in [0.1, 0.15) is 5.75 Å². The molecule has 0 radical (unpaired) electrons. The molecule has 0 unspecified atom stereocenters. The first kappa shape index (κ1) is 24.6. The second-order valence-electron chi connectivity index (χ2n) is 10.1. The summed E-state index contributed by atoms with van der Waals surface area (Å²) in [6, 6.07) is 17.1. The van der Waals surface area contributed by atoms with Gasteiger partial charge in [-0.25, -0.2) is 0 Å². The highest BCUT2D eigenvalue weighted by Crippen LogP contribution is 2.44. The van der Waals surface area contributed by atoms with Gasteiger partial charge in [-0.1, -0.05) is 69.5 Å². The molecule has 2 aromatic carbocycles. The van der Waals surface area contributed by atoms with Gasteiger partial charge < -0.3 is 9.30 Å². The standard InChI is InChI=1S/C32H35ClN2O/c1-4-5-6-16-36-31-18-29-25(17-28(31)22(2)3)11-14-27-30(24-9-12-26(33)13-10-24)21-35(32(27)29)20-23-8-7-15-34-19-23/h7-10,12-13,15,17-19,21-22H,4-6,11,14,16,20H2,1-3H3. The number of pyridine rings is 1. The molecule has 0 N–H and O–H groups in total. The highest BCUT2D eigenvalue weighted by molar-refractivity contribution is 6.30. The van der Waals surface area contributed by atoms with E-state index in [9.17, 15) is 0 Å². The number of halogens is 1. The van der Waals surface area contributed by atoms with Crippen LogP contribution < -0.4 is 4.74 Å². The highest BCUT2D eigenvalue weighted by atomic mass is 35.5. The van der Waals surface area contributed by atoms with Crippen molar-refractivity contribution in [2.45, 2.75) is 65.3 Å². The molecule has 186 valence electrons. The molecule has 2 aromatic heterocycles. The molecule has 2 heterocycles. The normalized spacial score (nSPS) is 12.5. The summed E-state index contributed by atoms with van der Waals surface area (Å²) in [5.41, 5.74) is 10.4. The number of aryl methyl sites for hydroxylation is 1. The molecule has 5 rings (SSSR count). The van der Waals surface area contributed by atoms with Crippen LogP contribution in [0.4, 0.5) is 0 Å². The van der Waals surface area contributed by atoms with Crippen molar-refractivity contribution in [3.63, 3.8) is 0 Å². The number of benzene rings is 2. The number of hydrogen-bond acceptors (Lipinski definition) is 2. The van der Waals surface area contributed by atoms with Crippen LogP contribution in [0.2, 0.25) is 5.02 Å². The van der Waals surface area contributed by atoms with Gasteiger partial charge in [-0.3, -0.25) is 4.98 Å². The maximum Gasteiger partial charge on any atom is 0.123 e. The SMILES string of the molecule is CCCCCOc1cc2c(cc1C(C)C)CCc1c(-c3ccc(Cl)cc3)cn(Cc3cccnc3)c1-2. The Kier molecular flexibility index (Phi) is 7.48. The molecule has 3 nitrogen and oxygen atoms in total. The van der Waals surface area contributed by atoms with Crippen molar-refractivity contribution < 1.29 is 4.74 Å². The van der Waals surface area contributed by atoms with Crippen LogP contribution in [0.3, 0.4) is 0 Å². The van der Waals surface area contributed by atoms with E-state index in [1.165, 1.54) is 57.5 Å². The smallest absolute Gasteiger partial charge is 0.123 e. The molecule has 0 aliphatic heterocycles. The van der Waals surface area contributed by atoms with Crippen molar-refractivity contribution >= 4 is 11.6 Å². The molecule has 0 fully saturated rings. The summed E-state index contributed by atoms with van der Waals surface area (Å²) in [5, 5.41) is 0.763. The van der Waals surface area contributed by atoms with E-state index < -0.39 is 0 Å². The average Bonchev–Trinajstić information content (AvgIpc) is 3.25. The number of aromatic nitrogens is 2. The second-order valence-corrected chi connectivity index (χ2v) is 10.6. The zero-order valence-electron chi connectivity index (χ0n) is 21.6. The van der Waals surface area contributed by atoms with Gasteiger partial charge >= 0.3 is 0 Å². The summed E-state index contributed by atoms with van der Waals surface area (Å²) in [4.78, 5) is 4.36. The van der Waals surface area contributed by atoms with Gasteiger partial charge in [0.2, 0.25) is 0 Å². The number of hydrogen-bond donors (Lipinski definition) is 0. The van der Waals surface area contributed by atoms with Crippen LogP contribution in [0.5, 0.6) is 5.75 Å². The minimum absolute atomic E-state index is 0.421. The van der Waals surface area contributed by atoms with Crippen LogP contribution in [0, 0.1) is 0 Å². The molecule has 0 spiro atoms. The number of rotatable bonds is 9. The largest absolute Gasteiger partial charge is 0.493 e. The van der Waals surface area contributed by atoms with Crippen molar-refractivity contribution in [3.8, 4) is 28.1 Å². The molecular weight excluding hydrogens is 464 g/mol. The third-order valence-corrected chi connectivity index (χ3v) is 7.43. The van der Waals surface area contributed by atoms with E-state index >= 15 is 0 Å². The summed E-state index contributed by atoms with van der Waals surface area (Å²) in [5.74, 6) is 1.46. The lowest BCUT2D eigenvalue weighted by molar-refractivity contribution is 0.302. The molecule has 0 saturated heterocycles. The summed E-state index contributed by atoms with van der Waals surface area (Å²) in [6.07, 6.45) is 11.7. The van der Waals surface area contributed by atoms with Gasteiger partial charge in [0.25, 0.3) is 0 Å². The Bertz CT molecular complexity index is 1320. The van der Waals surface area contributed by atoms with E-state index in [2.05, 4.69) is 66.9 Å². The van der Waals surface area contributed by atoms with Crippen LogP contribution in [-0.4, -0.2) is 16.2 Å². The Labute approximate surface area is 220 Å². The summed E-state index contributed by atoms with van der Waals surface area (Å²) >= 11 is 6.22. The fourth-order valence-corrected chi connectivity index (χ4v) is 5.43. The van der Waals surface area contributed by atoms with E-state index in [0.717, 1.165) is 43.2 Å². The monoisotopic (exact) mass is 498 g/mol. The first-order valence-electron chi connectivity index (χ1n) is 13.2. The molecule has 36 heavy (non-hydrogen) atoms. The van der Waals surface area contributed by atoms with Gasteiger partial charge in [0.05, 0.1) is 12.3 Å². The molecule has 1 aliphatic carbocycles. The fourth-order valence-electron chi connectivity index (χ4n) is 5.30. The van der Waals surface area contributed by atoms with Crippen molar-refractivity contribution in [1.29, 1.82) is 0 Å². The Morgan fingerprint density at radius 2 is 1.86 bits per heavy atom. The molecule has 0 amide bonds. The van der Waals surface area contributed by atoms with Gasteiger partial charge in [-0.15, -0.1) is 0 Å². The lowest BCUT2D eigenvalue weighted by Gasteiger charge is -2.24. The third kappa shape index (κ3) is 5.08.